The number of carbonyl (C=O) groups is 1. The summed E-state index contributed by atoms with van der Waals surface area (Å²) < 4.78 is 35.1. The molecule has 88 valence electrons. The van der Waals surface area contributed by atoms with Gasteiger partial charge in [-0.2, -0.15) is 0 Å². The maximum atomic E-state index is 12.7. The van der Waals surface area contributed by atoms with E-state index in [1.54, 1.807) is 6.92 Å². The average Bonchev–Trinajstić information content (AvgIpc) is 2.62. The molecule has 6 heteroatoms. The van der Waals surface area contributed by atoms with E-state index < -0.39 is 17.8 Å². The van der Waals surface area contributed by atoms with Crippen LogP contribution in [0.1, 0.15) is 41.9 Å². The molecule has 1 aliphatic rings. The zero-order chi connectivity index (χ0) is 11.8. The fraction of sp³-hybridized carbons (Fsp3) is 0.600. The van der Waals surface area contributed by atoms with Crippen LogP contribution < -0.4 is 0 Å². The first-order valence-electron chi connectivity index (χ1n) is 5.02. The van der Waals surface area contributed by atoms with Crippen molar-refractivity contribution in [3.05, 3.63) is 17.8 Å². The number of ether oxygens (including phenoxy) is 1. The molecular weight excluding hydrogens is 220 g/mol. The number of carbonyl (C=O) groups excluding carboxylic acids is 1. The summed E-state index contributed by atoms with van der Waals surface area (Å²) >= 11 is 0. The maximum Gasteiger partial charge on any atom is 0.360 e. The largest absolute Gasteiger partial charge is 0.461 e. The Morgan fingerprint density at radius 2 is 2.38 bits per heavy atom. The molecule has 0 N–H and O–H groups in total. The van der Waals surface area contributed by atoms with Crippen LogP contribution in [0.15, 0.2) is 10.8 Å². The van der Waals surface area contributed by atoms with Gasteiger partial charge in [0.25, 0.3) is 0 Å². The summed E-state index contributed by atoms with van der Waals surface area (Å²) in [4.78, 5) is 15.1. The smallest absolute Gasteiger partial charge is 0.360 e. The number of oxazole rings is 1. The van der Waals surface area contributed by atoms with Crippen molar-refractivity contribution in [1.82, 2.24) is 4.98 Å². The van der Waals surface area contributed by atoms with Crippen molar-refractivity contribution in [2.75, 3.05) is 6.61 Å². The van der Waals surface area contributed by atoms with Crippen molar-refractivity contribution in [1.29, 1.82) is 0 Å². The van der Waals surface area contributed by atoms with E-state index in [1.807, 2.05) is 0 Å². The van der Waals surface area contributed by atoms with Crippen molar-refractivity contribution >= 4 is 5.97 Å². The Morgan fingerprint density at radius 3 is 2.94 bits per heavy atom. The summed E-state index contributed by atoms with van der Waals surface area (Å²) in [6.45, 7) is 1.88. The summed E-state index contributed by atoms with van der Waals surface area (Å²) in [5, 5.41) is 0. The highest BCUT2D eigenvalue weighted by atomic mass is 19.3. The number of aromatic nitrogens is 1. The van der Waals surface area contributed by atoms with E-state index in [0.717, 1.165) is 6.39 Å². The second kappa shape index (κ2) is 3.84. The van der Waals surface area contributed by atoms with Crippen molar-refractivity contribution in [2.45, 2.75) is 31.6 Å². The highest BCUT2D eigenvalue weighted by Gasteiger charge is 2.48. The van der Waals surface area contributed by atoms with Gasteiger partial charge in [-0.15, -0.1) is 0 Å². The van der Waals surface area contributed by atoms with E-state index in [9.17, 15) is 13.6 Å². The van der Waals surface area contributed by atoms with Crippen LogP contribution in [0.3, 0.4) is 0 Å². The molecule has 1 heterocycles. The summed E-state index contributed by atoms with van der Waals surface area (Å²) in [6, 6.07) is 0. The van der Waals surface area contributed by atoms with Gasteiger partial charge in [-0.3, -0.25) is 0 Å². The van der Waals surface area contributed by atoms with Gasteiger partial charge in [0.1, 0.15) is 5.76 Å². The minimum atomic E-state index is -2.65. The molecule has 0 saturated heterocycles. The first-order valence-corrected chi connectivity index (χ1v) is 5.02. The molecule has 0 bridgehead atoms. The van der Waals surface area contributed by atoms with E-state index in [0.29, 0.717) is 0 Å². The SMILES string of the molecule is CCOC(=O)c1ncoc1C1CC(F)(F)C1. The minimum Gasteiger partial charge on any atom is -0.461 e. The van der Waals surface area contributed by atoms with Gasteiger partial charge in [0.05, 0.1) is 6.61 Å². The van der Waals surface area contributed by atoms with Gasteiger partial charge in [0.2, 0.25) is 5.92 Å². The van der Waals surface area contributed by atoms with Crippen LogP contribution >= 0.6 is 0 Å². The molecule has 2 rings (SSSR count). The summed E-state index contributed by atoms with van der Waals surface area (Å²) in [5.41, 5.74) is 0.0161. The second-order valence-corrected chi connectivity index (χ2v) is 3.75. The zero-order valence-corrected chi connectivity index (χ0v) is 8.70. The van der Waals surface area contributed by atoms with Crippen LogP contribution in [0.4, 0.5) is 8.78 Å². The number of halogens is 2. The molecule has 0 atom stereocenters. The first-order chi connectivity index (χ1) is 7.53. The van der Waals surface area contributed by atoms with Gasteiger partial charge in [-0.25, -0.2) is 18.6 Å². The molecule has 1 aliphatic carbocycles. The molecule has 0 spiro atoms. The van der Waals surface area contributed by atoms with Crippen molar-refractivity contribution < 1.29 is 22.7 Å². The predicted molar refractivity (Wildman–Crippen MR) is 49.4 cm³/mol. The molecular formula is C10H11F2NO3. The number of nitrogens with zero attached hydrogens (tertiary/aromatic N) is 1. The molecule has 0 aromatic carbocycles. The van der Waals surface area contributed by atoms with Crippen LogP contribution in [0.5, 0.6) is 0 Å². The van der Waals surface area contributed by atoms with Crippen LogP contribution in [-0.4, -0.2) is 23.5 Å². The Morgan fingerprint density at radius 1 is 1.69 bits per heavy atom. The fourth-order valence-electron chi connectivity index (χ4n) is 1.74. The fourth-order valence-corrected chi connectivity index (χ4v) is 1.74. The Balaban J connectivity index is 2.11. The van der Waals surface area contributed by atoms with Gasteiger partial charge < -0.3 is 9.15 Å². The van der Waals surface area contributed by atoms with Crippen molar-refractivity contribution in [2.24, 2.45) is 0 Å². The van der Waals surface area contributed by atoms with E-state index in [1.165, 1.54) is 0 Å². The predicted octanol–water partition coefficient (Wildman–Crippen LogP) is 2.36. The molecule has 4 nitrogen and oxygen atoms in total. The Labute approximate surface area is 90.6 Å². The van der Waals surface area contributed by atoms with E-state index in [4.69, 9.17) is 9.15 Å². The van der Waals surface area contributed by atoms with Crippen molar-refractivity contribution in [3.8, 4) is 0 Å². The molecule has 0 unspecified atom stereocenters. The van der Waals surface area contributed by atoms with Gasteiger partial charge in [-0.1, -0.05) is 0 Å². The third-order valence-electron chi connectivity index (χ3n) is 2.52. The highest BCUT2D eigenvalue weighted by molar-refractivity contribution is 5.88. The number of esters is 1. The van der Waals surface area contributed by atoms with Crippen LogP contribution in [-0.2, 0) is 4.74 Å². The van der Waals surface area contributed by atoms with E-state index >= 15 is 0 Å². The van der Waals surface area contributed by atoms with Crippen LogP contribution in [0.25, 0.3) is 0 Å². The quantitative estimate of drug-likeness (QED) is 0.749. The number of rotatable bonds is 3. The highest BCUT2D eigenvalue weighted by Crippen LogP contribution is 2.48. The third kappa shape index (κ3) is 1.91. The van der Waals surface area contributed by atoms with Crippen LogP contribution in [0.2, 0.25) is 0 Å². The molecule has 0 aliphatic heterocycles. The topological polar surface area (TPSA) is 52.3 Å². The van der Waals surface area contributed by atoms with Gasteiger partial charge >= 0.3 is 5.97 Å². The van der Waals surface area contributed by atoms with Crippen LogP contribution in [0, 0.1) is 0 Å². The maximum absolute atomic E-state index is 12.7. The molecule has 1 aromatic rings. The summed E-state index contributed by atoms with van der Waals surface area (Å²) in [7, 11) is 0. The molecule has 1 fully saturated rings. The van der Waals surface area contributed by atoms with Gasteiger partial charge in [-0.05, 0) is 6.92 Å². The number of hydrogen-bond donors (Lipinski definition) is 0. The Bertz CT molecular complexity index is 395. The van der Waals surface area contributed by atoms with Crippen molar-refractivity contribution in [3.63, 3.8) is 0 Å². The molecule has 1 saturated carbocycles. The third-order valence-corrected chi connectivity index (χ3v) is 2.52. The monoisotopic (exact) mass is 231 g/mol. The standard InChI is InChI=1S/C10H11F2NO3/c1-2-15-9(14)7-8(16-5-13-7)6-3-10(11,12)4-6/h5-6H,2-4H2,1H3. The van der Waals surface area contributed by atoms with Gasteiger partial charge in [0.15, 0.2) is 12.1 Å². The van der Waals surface area contributed by atoms with Gasteiger partial charge in [0, 0.05) is 18.8 Å². The minimum absolute atomic E-state index is 0.0161. The lowest BCUT2D eigenvalue weighted by atomic mass is 9.79. The Kier molecular flexibility index (Phi) is 2.65. The Hall–Kier alpha value is -1.46. The van der Waals surface area contributed by atoms with E-state index in [2.05, 4.69) is 4.98 Å². The summed E-state index contributed by atoms with van der Waals surface area (Å²) in [6.07, 6.45) is 0.487. The second-order valence-electron chi connectivity index (χ2n) is 3.75. The molecule has 0 amide bonds. The molecule has 0 radical (unpaired) electrons. The molecule has 1 aromatic heterocycles. The number of hydrogen-bond acceptors (Lipinski definition) is 4. The first kappa shape index (κ1) is 11.0. The summed E-state index contributed by atoms with van der Waals surface area (Å²) in [5.74, 6) is -3.49. The lowest BCUT2D eigenvalue weighted by Crippen LogP contribution is -2.34. The van der Waals surface area contributed by atoms with E-state index in [-0.39, 0.29) is 30.9 Å². The molecule has 16 heavy (non-hydrogen) atoms. The lowest BCUT2D eigenvalue weighted by Gasteiger charge is -2.33. The lowest BCUT2D eigenvalue weighted by molar-refractivity contribution is -0.0909. The number of alkyl halides is 2. The normalized spacial score (nSPS) is 19.2. The average molecular weight is 231 g/mol. The zero-order valence-electron chi connectivity index (χ0n) is 8.70.